The number of hydrogen-bond acceptors (Lipinski definition) is 3. The molecule has 0 aliphatic rings. The molecule has 0 bridgehead atoms. The molecule has 0 unspecified atom stereocenters. The smallest absolute Gasteiger partial charge is 0.265 e. The number of nitrogens with one attached hydrogen (secondary N) is 1. The molecule has 1 amide bonds. The molecule has 5 heteroatoms. The van der Waals surface area contributed by atoms with Gasteiger partial charge in [0.25, 0.3) is 5.91 Å². The van der Waals surface area contributed by atoms with Crippen LogP contribution in [-0.4, -0.2) is 12.5 Å². The summed E-state index contributed by atoms with van der Waals surface area (Å²) in [6, 6.07) is 17.5. The van der Waals surface area contributed by atoms with Crippen molar-refractivity contribution in [1.29, 1.82) is 0 Å². The molecule has 0 aliphatic heterocycles. The first-order chi connectivity index (χ1) is 15.8. The second-order valence-corrected chi connectivity index (χ2v) is 8.75. The van der Waals surface area contributed by atoms with Gasteiger partial charge in [0, 0.05) is 18.7 Å². The zero-order valence-electron chi connectivity index (χ0n) is 20.3. The molecule has 0 saturated carbocycles. The van der Waals surface area contributed by atoms with E-state index in [0.717, 1.165) is 39.9 Å². The minimum Gasteiger partial charge on any atom is -0.618 e. The van der Waals surface area contributed by atoms with Crippen molar-refractivity contribution in [2.45, 2.75) is 53.9 Å². The van der Waals surface area contributed by atoms with Gasteiger partial charge in [0.15, 0.2) is 11.3 Å². The zero-order chi connectivity index (χ0) is 24.0. The van der Waals surface area contributed by atoms with Crippen molar-refractivity contribution in [3.05, 3.63) is 93.4 Å². The first kappa shape index (κ1) is 24.3. The Bertz CT molecular complexity index is 1090. The molecule has 5 nitrogen and oxygen atoms in total. The normalized spacial score (nSPS) is 11.0. The summed E-state index contributed by atoms with van der Waals surface area (Å²) in [5.41, 5.74) is 5.11. The van der Waals surface area contributed by atoms with Crippen molar-refractivity contribution >= 4 is 11.6 Å². The van der Waals surface area contributed by atoms with Crippen molar-refractivity contribution in [3.63, 3.8) is 0 Å². The molecule has 0 fully saturated rings. The molecular formula is C28H34N2O3. The zero-order valence-corrected chi connectivity index (χ0v) is 20.3. The van der Waals surface area contributed by atoms with E-state index in [-0.39, 0.29) is 11.8 Å². The summed E-state index contributed by atoms with van der Waals surface area (Å²) in [6.45, 7) is 10.4. The van der Waals surface area contributed by atoms with E-state index in [1.165, 1.54) is 0 Å². The number of aryl methyl sites for hydroxylation is 3. The van der Waals surface area contributed by atoms with Crippen molar-refractivity contribution in [2.24, 2.45) is 5.92 Å². The fraction of sp³-hybridized carbons (Fsp3) is 0.357. The SMILES string of the molecule is CCc1cccc(CC)c1NC(=O)c1c(OCC(C)C)cc(C)[n+]([O-])c1Cc1ccccc1. The Morgan fingerprint density at radius 2 is 1.67 bits per heavy atom. The van der Waals surface area contributed by atoms with Crippen LogP contribution in [-0.2, 0) is 19.3 Å². The van der Waals surface area contributed by atoms with Gasteiger partial charge >= 0.3 is 0 Å². The number of pyridine rings is 1. The number of para-hydroxylation sites is 1. The third-order valence-electron chi connectivity index (χ3n) is 5.69. The van der Waals surface area contributed by atoms with Crippen LogP contribution in [0, 0.1) is 18.0 Å². The Morgan fingerprint density at radius 3 is 2.24 bits per heavy atom. The number of carbonyl (C=O) groups excluding carboxylic acids is 1. The van der Waals surface area contributed by atoms with Gasteiger partial charge < -0.3 is 15.3 Å². The van der Waals surface area contributed by atoms with Gasteiger partial charge in [-0.3, -0.25) is 4.79 Å². The Morgan fingerprint density at radius 1 is 1.03 bits per heavy atom. The van der Waals surface area contributed by atoms with Crippen molar-refractivity contribution in [3.8, 4) is 5.75 Å². The Balaban J connectivity index is 2.13. The van der Waals surface area contributed by atoms with Crippen LogP contribution in [0.15, 0.2) is 54.6 Å². The molecule has 2 aromatic carbocycles. The third-order valence-corrected chi connectivity index (χ3v) is 5.69. The third kappa shape index (κ3) is 5.72. The highest BCUT2D eigenvalue weighted by molar-refractivity contribution is 6.07. The highest BCUT2D eigenvalue weighted by atomic mass is 16.5. The largest absolute Gasteiger partial charge is 0.618 e. The Kier molecular flexibility index (Phi) is 8.10. The maximum Gasteiger partial charge on any atom is 0.265 e. The molecule has 1 N–H and O–H groups in total. The van der Waals surface area contributed by atoms with Gasteiger partial charge in [0.05, 0.1) is 13.0 Å². The molecule has 1 heterocycles. The van der Waals surface area contributed by atoms with E-state index < -0.39 is 0 Å². The molecule has 33 heavy (non-hydrogen) atoms. The number of rotatable bonds is 9. The van der Waals surface area contributed by atoms with E-state index in [4.69, 9.17) is 4.74 Å². The fourth-order valence-corrected chi connectivity index (χ4v) is 3.92. The predicted molar refractivity (Wildman–Crippen MR) is 133 cm³/mol. The molecule has 0 saturated heterocycles. The van der Waals surface area contributed by atoms with Gasteiger partial charge in [-0.15, -0.1) is 0 Å². The average Bonchev–Trinajstić information content (AvgIpc) is 2.81. The number of hydrogen-bond donors (Lipinski definition) is 1. The molecule has 0 radical (unpaired) electrons. The number of carbonyl (C=O) groups is 1. The summed E-state index contributed by atoms with van der Waals surface area (Å²) in [7, 11) is 0. The second-order valence-electron chi connectivity index (χ2n) is 8.75. The first-order valence-corrected chi connectivity index (χ1v) is 11.7. The summed E-state index contributed by atoms with van der Waals surface area (Å²) < 4.78 is 6.93. The minimum atomic E-state index is -0.320. The van der Waals surface area contributed by atoms with Crippen LogP contribution in [0.25, 0.3) is 0 Å². The molecular weight excluding hydrogens is 412 g/mol. The average molecular weight is 447 g/mol. The van der Waals surface area contributed by atoms with Crippen LogP contribution in [0.4, 0.5) is 5.69 Å². The van der Waals surface area contributed by atoms with E-state index in [9.17, 15) is 10.0 Å². The van der Waals surface area contributed by atoms with Crippen LogP contribution in [0.2, 0.25) is 0 Å². The first-order valence-electron chi connectivity index (χ1n) is 11.7. The van der Waals surface area contributed by atoms with E-state index in [0.29, 0.717) is 35.7 Å². The number of aromatic nitrogens is 1. The van der Waals surface area contributed by atoms with Crippen LogP contribution < -0.4 is 14.8 Å². The topological polar surface area (TPSA) is 65.3 Å². The molecule has 0 aliphatic carbocycles. The van der Waals surface area contributed by atoms with Gasteiger partial charge in [-0.05, 0) is 35.4 Å². The quantitative estimate of drug-likeness (QED) is 0.342. The Labute approximate surface area is 197 Å². The van der Waals surface area contributed by atoms with E-state index in [1.807, 2.05) is 48.5 Å². The highest BCUT2D eigenvalue weighted by Gasteiger charge is 2.28. The lowest BCUT2D eigenvalue weighted by Crippen LogP contribution is -2.39. The number of amides is 1. The molecule has 0 spiro atoms. The molecule has 1 aromatic heterocycles. The van der Waals surface area contributed by atoms with E-state index in [1.54, 1.807) is 13.0 Å². The number of ether oxygens (including phenoxy) is 1. The lowest BCUT2D eigenvalue weighted by atomic mass is 10.0. The van der Waals surface area contributed by atoms with Crippen molar-refractivity contribution < 1.29 is 14.3 Å². The molecule has 3 rings (SSSR count). The lowest BCUT2D eigenvalue weighted by molar-refractivity contribution is -0.620. The Hall–Kier alpha value is -3.34. The molecule has 0 atom stereocenters. The molecule has 174 valence electrons. The van der Waals surface area contributed by atoms with Gasteiger partial charge in [0.2, 0.25) is 5.69 Å². The van der Waals surface area contributed by atoms with Crippen molar-refractivity contribution in [1.82, 2.24) is 0 Å². The highest BCUT2D eigenvalue weighted by Crippen LogP contribution is 2.28. The summed E-state index contributed by atoms with van der Waals surface area (Å²) in [5, 5.41) is 16.3. The van der Waals surface area contributed by atoms with Gasteiger partial charge in [-0.2, -0.15) is 4.73 Å². The van der Waals surface area contributed by atoms with Crippen molar-refractivity contribution in [2.75, 3.05) is 11.9 Å². The van der Waals surface area contributed by atoms with E-state index >= 15 is 0 Å². The van der Waals surface area contributed by atoms with Gasteiger partial charge in [-0.1, -0.05) is 76.2 Å². The number of benzene rings is 2. The summed E-state index contributed by atoms with van der Waals surface area (Å²) >= 11 is 0. The number of nitrogens with zero attached hydrogens (tertiary/aromatic N) is 1. The maximum absolute atomic E-state index is 13.7. The standard InChI is InChI=1S/C28H34N2O3/c1-6-22-14-11-15-23(7-2)27(22)29-28(31)26-24(17-21-12-9-8-10-13-21)30(32)20(5)16-25(26)33-18-19(3)4/h8-16,19H,6-7,17-18H2,1-5H3,(H,29,31). The summed E-state index contributed by atoms with van der Waals surface area (Å²) in [5.74, 6) is 0.412. The van der Waals surface area contributed by atoms with Crippen LogP contribution in [0.1, 0.15) is 66.1 Å². The predicted octanol–water partition coefficient (Wildman–Crippen LogP) is 5.63. The van der Waals surface area contributed by atoms with Gasteiger partial charge in [-0.25, -0.2) is 0 Å². The molecule has 3 aromatic rings. The number of anilines is 1. The van der Waals surface area contributed by atoms with Crippen LogP contribution >= 0.6 is 0 Å². The lowest BCUT2D eigenvalue weighted by Gasteiger charge is -2.19. The second kappa shape index (κ2) is 11.0. The van der Waals surface area contributed by atoms with Crippen LogP contribution in [0.5, 0.6) is 5.75 Å². The van der Waals surface area contributed by atoms with E-state index in [2.05, 4.69) is 33.0 Å². The maximum atomic E-state index is 13.7. The summed E-state index contributed by atoms with van der Waals surface area (Å²) in [6.07, 6.45) is 1.93. The van der Waals surface area contributed by atoms with Crippen LogP contribution in [0.3, 0.4) is 0 Å². The minimum absolute atomic E-state index is 0.283. The fourth-order valence-electron chi connectivity index (χ4n) is 3.92. The monoisotopic (exact) mass is 446 g/mol. The summed E-state index contributed by atoms with van der Waals surface area (Å²) in [4.78, 5) is 13.7. The van der Waals surface area contributed by atoms with Gasteiger partial charge in [0.1, 0.15) is 5.75 Å².